The van der Waals surface area contributed by atoms with Crippen LogP contribution in [0.4, 0.5) is 0 Å². The number of rotatable bonds is 5. The summed E-state index contributed by atoms with van der Waals surface area (Å²) in [5.74, 6) is -4.46. The third kappa shape index (κ3) is 4.81. The third-order valence-electron chi connectivity index (χ3n) is 5.71. The van der Waals surface area contributed by atoms with E-state index in [-0.39, 0.29) is 40.2 Å². The van der Waals surface area contributed by atoms with Gasteiger partial charge in [0, 0.05) is 28.3 Å². The second-order valence-corrected chi connectivity index (χ2v) is 8.52. The van der Waals surface area contributed by atoms with Gasteiger partial charge >= 0.3 is 0 Å². The molecule has 3 unspecified atom stereocenters. The fourth-order valence-corrected chi connectivity index (χ4v) is 4.31. The standard InChI is InChI=1S/C22H27ClO6/c1-21(26,27)16-3-5-17(6-4-16)22(28,29)19-11-14(2-7-20(19)23)15-8-13(12-24)9-18(25)10-15/h2-7,11,13,15,18,24-29H,8-10,12H2,1H3. The zero-order valence-corrected chi connectivity index (χ0v) is 16.9. The van der Waals surface area contributed by atoms with Gasteiger partial charge in [-0.05, 0) is 55.7 Å². The Hall–Kier alpha value is -1.51. The Kier molecular flexibility index (Phi) is 6.36. The van der Waals surface area contributed by atoms with Crippen LogP contribution in [-0.2, 0) is 11.6 Å². The molecule has 6 N–H and O–H groups in total. The van der Waals surface area contributed by atoms with Gasteiger partial charge in [-0.15, -0.1) is 0 Å². The molecule has 158 valence electrons. The Balaban J connectivity index is 1.94. The van der Waals surface area contributed by atoms with Crippen molar-refractivity contribution in [1.29, 1.82) is 0 Å². The van der Waals surface area contributed by atoms with Crippen molar-refractivity contribution >= 4 is 11.6 Å². The maximum atomic E-state index is 10.9. The van der Waals surface area contributed by atoms with Crippen LogP contribution in [0.1, 0.15) is 54.4 Å². The lowest BCUT2D eigenvalue weighted by Crippen LogP contribution is -2.29. The van der Waals surface area contributed by atoms with E-state index in [1.54, 1.807) is 18.2 Å². The van der Waals surface area contributed by atoms with Crippen molar-refractivity contribution in [2.45, 2.75) is 49.8 Å². The second-order valence-electron chi connectivity index (χ2n) is 8.12. The molecule has 1 fully saturated rings. The molecule has 1 aliphatic carbocycles. The summed E-state index contributed by atoms with van der Waals surface area (Å²) in [5, 5.41) is 60.8. The average Bonchev–Trinajstić information content (AvgIpc) is 2.67. The lowest BCUT2D eigenvalue weighted by atomic mass is 9.76. The summed E-state index contributed by atoms with van der Waals surface area (Å²) < 4.78 is 0. The summed E-state index contributed by atoms with van der Waals surface area (Å²) in [6.07, 6.45) is 1.26. The van der Waals surface area contributed by atoms with Crippen molar-refractivity contribution in [1.82, 2.24) is 0 Å². The largest absolute Gasteiger partial charge is 0.396 e. The van der Waals surface area contributed by atoms with Crippen LogP contribution in [0.25, 0.3) is 0 Å². The number of benzene rings is 2. The minimum atomic E-state index is -2.39. The predicted molar refractivity (Wildman–Crippen MR) is 108 cm³/mol. The molecule has 2 aromatic carbocycles. The van der Waals surface area contributed by atoms with E-state index in [4.69, 9.17) is 11.6 Å². The Labute approximate surface area is 174 Å². The lowest BCUT2D eigenvalue weighted by Gasteiger charge is -2.33. The third-order valence-corrected chi connectivity index (χ3v) is 6.04. The molecule has 0 bridgehead atoms. The zero-order chi connectivity index (χ0) is 21.4. The van der Waals surface area contributed by atoms with Crippen molar-refractivity contribution < 1.29 is 30.6 Å². The van der Waals surface area contributed by atoms with Gasteiger partial charge in [-0.2, -0.15) is 0 Å². The first kappa shape index (κ1) is 22.2. The second kappa shape index (κ2) is 8.32. The molecule has 29 heavy (non-hydrogen) atoms. The van der Waals surface area contributed by atoms with Gasteiger partial charge in [0.25, 0.3) is 0 Å². The number of aliphatic hydroxyl groups is 6. The van der Waals surface area contributed by atoms with Crippen LogP contribution in [0.15, 0.2) is 42.5 Å². The fraction of sp³-hybridized carbons (Fsp3) is 0.455. The Bertz CT molecular complexity index is 843. The summed E-state index contributed by atoms with van der Waals surface area (Å²) in [6.45, 7) is 1.21. The molecule has 2 aromatic rings. The van der Waals surface area contributed by atoms with Crippen molar-refractivity contribution in [2.75, 3.05) is 6.61 Å². The highest BCUT2D eigenvalue weighted by Gasteiger charge is 2.34. The Morgan fingerprint density at radius 3 is 2.14 bits per heavy atom. The zero-order valence-electron chi connectivity index (χ0n) is 16.2. The Morgan fingerprint density at radius 2 is 1.55 bits per heavy atom. The average molecular weight is 423 g/mol. The molecule has 0 aliphatic heterocycles. The van der Waals surface area contributed by atoms with E-state index in [0.717, 1.165) is 5.56 Å². The minimum Gasteiger partial charge on any atom is -0.396 e. The van der Waals surface area contributed by atoms with E-state index >= 15 is 0 Å². The molecule has 3 rings (SSSR count). The first-order valence-corrected chi connectivity index (χ1v) is 9.99. The minimum absolute atomic E-state index is 0.00106. The first-order valence-electron chi connectivity index (χ1n) is 9.61. The number of aliphatic hydroxyl groups excluding tert-OH is 2. The fourth-order valence-electron chi connectivity index (χ4n) is 4.06. The lowest BCUT2D eigenvalue weighted by molar-refractivity contribution is -0.153. The van der Waals surface area contributed by atoms with E-state index in [9.17, 15) is 30.6 Å². The highest BCUT2D eigenvalue weighted by Crippen LogP contribution is 2.40. The summed E-state index contributed by atoms with van der Waals surface area (Å²) in [6, 6.07) is 10.6. The normalized spacial score (nSPS) is 23.2. The van der Waals surface area contributed by atoms with Gasteiger partial charge in [0.1, 0.15) is 0 Å². The molecule has 3 atom stereocenters. The molecule has 0 heterocycles. The quantitative estimate of drug-likeness (QED) is 0.409. The van der Waals surface area contributed by atoms with Crippen molar-refractivity contribution in [3.8, 4) is 0 Å². The monoisotopic (exact) mass is 422 g/mol. The van der Waals surface area contributed by atoms with E-state index in [0.29, 0.717) is 19.3 Å². The highest BCUT2D eigenvalue weighted by molar-refractivity contribution is 6.31. The van der Waals surface area contributed by atoms with Crippen molar-refractivity contribution in [2.24, 2.45) is 5.92 Å². The van der Waals surface area contributed by atoms with Crippen molar-refractivity contribution in [3.63, 3.8) is 0 Å². The van der Waals surface area contributed by atoms with Crippen LogP contribution in [-0.4, -0.2) is 43.4 Å². The van der Waals surface area contributed by atoms with Crippen LogP contribution in [0.2, 0.25) is 5.02 Å². The maximum absolute atomic E-state index is 10.9. The topological polar surface area (TPSA) is 121 Å². The molecule has 1 aliphatic rings. The van der Waals surface area contributed by atoms with Gasteiger partial charge in [0.15, 0.2) is 5.79 Å². The SMILES string of the molecule is CC(O)(O)c1ccc(C(O)(O)c2cc(C3CC(O)CC(CO)C3)ccc2Cl)cc1. The molecular weight excluding hydrogens is 396 g/mol. The van der Waals surface area contributed by atoms with Gasteiger partial charge in [0.05, 0.1) is 6.10 Å². The number of hydrogen-bond donors (Lipinski definition) is 6. The molecule has 0 radical (unpaired) electrons. The summed E-state index contributed by atoms with van der Waals surface area (Å²) >= 11 is 6.27. The molecule has 0 aromatic heterocycles. The molecule has 0 saturated heterocycles. The first-order chi connectivity index (χ1) is 13.5. The van der Waals surface area contributed by atoms with Crippen LogP contribution >= 0.6 is 11.6 Å². The summed E-state index contributed by atoms with van der Waals surface area (Å²) in [4.78, 5) is 0. The smallest absolute Gasteiger partial charge is 0.218 e. The van der Waals surface area contributed by atoms with Gasteiger partial charge in [-0.3, -0.25) is 0 Å². The van der Waals surface area contributed by atoms with Gasteiger partial charge < -0.3 is 30.6 Å². The molecular formula is C22H27ClO6. The van der Waals surface area contributed by atoms with Crippen LogP contribution in [0.3, 0.4) is 0 Å². The summed E-state index contributed by atoms with van der Waals surface area (Å²) in [5.41, 5.74) is 1.24. The van der Waals surface area contributed by atoms with Crippen LogP contribution < -0.4 is 0 Å². The molecule has 7 heteroatoms. The highest BCUT2D eigenvalue weighted by atomic mass is 35.5. The van der Waals surface area contributed by atoms with E-state index in [1.165, 1.54) is 31.2 Å². The molecule has 0 spiro atoms. The van der Waals surface area contributed by atoms with Gasteiger partial charge in [-0.1, -0.05) is 41.9 Å². The molecule has 1 saturated carbocycles. The molecule has 0 amide bonds. The van der Waals surface area contributed by atoms with Gasteiger partial charge in [0.2, 0.25) is 5.79 Å². The van der Waals surface area contributed by atoms with Crippen molar-refractivity contribution in [3.05, 3.63) is 69.7 Å². The Morgan fingerprint density at radius 1 is 0.931 bits per heavy atom. The maximum Gasteiger partial charge on any atom is 0.218 e. The molecule has 6 nitrogen and oxygen atoms in total. The van der Waals surface area contributed by atoms with Crippen LogP contribution in [0.5, 0.6) is 0 Å². The number of hydrogen-bond acceptors (Lipinski definition) is 6. The van der Waals surface area contributed by atoms with Crippen LogP contribution in [0, 0.1) is 5.92 Å². The van der Waals surface area contributed by atoms with E-state index < -0.39 is 17.7 Å². The van der Waals surface area contributed by atoms with E-state index in [2.05, 4.69) is 0 Å². The predicted octanol–water partition coefficient (Wildman–Crippen LogP) is 1.92. The van der Waals surface area contributed by atoms with Gasteiger partial charge in [-0.25, -0.2) is 0 Å². The van der Waals surface area contributed by atoms with E-state index in [1.807, 2.05) is 0 Å². The number of halogens is 1. The summed E-state index contributed by atoms with van der Waals surface area (Å²) in [7, 11) is 0.